The highest BCUT2D eigenvalue weighted by Crippen LogP contribution is 2.20. The summed E-state index contributed by atoms with van der Waals surface area (Å²) < 4.78 is 0. The second-order valence-electron chi connectivity index (χ2n) is 3.42. The van der Waals surface area contributed by atoms with Crippen molar-refractivity contribution in [2.24, 2.45) is 0 Å². The van der Waals surface area contributed by atoms with Crippen molar-refractivity contribution >= 4 is 29.3 Å². The number of rotatable bonds is 4. The molecule has 0 radical (unpaired) electrons. The van der Waals surface area contributed by atoms with Crippen molar-refractivity contribution in [3.8, 4) is 5.75 Å². The van der Waals surface area contributed by atoms with Crippen molar-refractivity contribution in [2.75, 3.05) is 12.8 Å². The maximum atomic E-state index is 11.7. The van der Waals surface area contributed by atoms with Gasteiger partial charge in [-0.3, -0.25) is 4.79 Å². The molecule has 0 heterocycles. The fourth-order valence-corrected chi connectivity index (χ4v) is 1.56. The number of phenolic OH excluding ortho intramolecular Hbond substituents is 1. The van der Waals surface area contributed by atoms with Crippen molar-refractivity contribution in [1.29, 1.82) is 0 Å². The maximum Gasteiger partial charge on any atom is 0.252 e. The molecule has 1 aromatic carbocycles. The first-order valence-electron chi connectivity index (χ1n) is 4.84. The van der Waals surface area contributed by atoms with E-state index < -0.39 is 0 Å². The predicted molar refractivity (Wildman–Crippen MR) is 68.4 cm³/mol. The first kappa shape index (κ1) is 13.2. The van der Waals surface area contributed by atoms with Crippen molar-refractivity contribution in [3.05, 3.63) is 28.8 Å². The van der Waals surface area contributed by atoms with Crippen LogP contribution in [0.5, 0.6) is 5.75 Å². The SMILES string of the molecule is CSC(C)CNC(=O)c1cc(O)ccc1Cl. The third-order valence-corrected chi connectivity index (χ3v) is 3.45. The molecule has 2 N–H and O–H groups in total. The van der Waals surface area contributed by atoms with E-state index in [0.29, 0.717) is 22.4 Å². The van der Waals surface area contributed by atoms with Crippen LogP contribution >= 0.6 is 23.4 Å². The number of halogens is 1. The van der Waals surface area contributed by atoms with E-state index >= 15 is 0 Å². The van der Waals surface area contributed by atoms with Gasteiger partial charge < -0.3 is 10.4 Å². The number of amides is 1. The number of aromatic hydroxyl groups is 1. The van der Waals surface area contributed by atoms with E-state index in [0.717, 1.165) is 0 Å². The molecule has 1 amide bonds. The maximum absolute atomic E-state index is 11.7. The van der Waals surface area contributed by atoms with E-state index in [4.69, 9.17) is 11.6 Å². The molecule has 5 heteroatoms. The Bertz CT molecular complexity index is 384. The first-order chi connectivity index (χ1) is 7.54. The highest BCUT2D eigenvalue weighted by atomic mass is 35.5. The van der Waals surface area contributed by atoms with E-state index in [-0.39, 0.29) is 11.7 Å². The van der Waals surface area contributed by atoms with Crippen LogP contribution in [0.3, 0.4) is 0 Å². The molecule has 0 spiro atoms. The van der Waals surface area contributed by atoms with Gasteiger partial charge in [-0.15, -0.1) is 0 Å². The summed E-state index contributed by atoms with van der Waals surface area (Å²) >= 11 is 7.54. The quantitative estimate of drug-likeness (QED) is 0.874. The van der Waals surface area contributed by atoms with Crippen LogP contribution in [0.15, 0.2) is 18.2 Å². The molecule has 1 rings (SSSR count). The number of hydrogen-bond acceptors (Lipinski definition) is 3. The molecule has 1 atom stereocenters. The Morgan fingerprint density at radius 3 is 2.94 bits per heavy atom. The van der Waals surface area contributed by atoms with E-state index in [1.54, 1.807) is 11.8 Å². The zero-order valence-corrected chi connectivity index (χ0v) is 10.7. The van der Waals surface area contributed by atoms with Crippen molar-refractivity contribution < 1.29 is 9.90 Å². The zero-order valence-electron chi connectivity index (χ0n) is 9.16. The van der Waals surface area contributed by atoms with Gasteiger partial charge in [0.05, 0.1) is 10.6 Å². The monoisotopic (exact) mass is 259 g/mol. The largest absolute Gasteiger partial charge is 0.508 e. The lowest BCUT2D eigenvalue weighted by atomic mass is 10.2. The molecular weight excluding hydrogens is 246 g/mol. The van der Waals surface area contributed by atoms with Crippen LogP contribution in [0.25, 0.3) is 0 Å². The summed E-state index contributed by atoms with van der Waals surface area (Å²) in [5.41, 5.74) is 0.301. The number of thioether (sulfide) groups is 1. The minimum absolute atomic E-state index is 0.0347. The summed E-state index contributed by atoms with van der Waals surface area (Å²) in [7, 11) is 0. The number of phenols is 1. The van der Waals surface area contributed by atoms with Crippen molar-refractivity contribution in [1.82, 2.24) is 5.32 Å². The van der Waals surface area contributed by atoms with Gasteiger partial charge >= 0.3 is 0 Å². The number of carbonyl (C=O) groups is 1. The molecule has 3 nitrogen and oxygen atoms in total. The Morgan fingerprint density at radius 2 is 2.31 bits per heavy atom. The Hall–Kier alpha value is -0.870. The topological polar surface area (TPSA) is 49.3 Å². The Morgan fingerprint density at radius 1 is 1.62 bits per heavy atom. The summed E-state index contributed by atoms with van der Waals surface area (Å²) in [5.74, 6) is -0.228. The summed E-state index contributed by atoms with van der Waals surface area (Å²) in [6.07, 6.45) is 1.98. The zero-order chi connectivity index (χ0) is 12.1. The molecule has 1 aromatic rings. The third kappa shape index (κ3) is 3.61. The lowest BCUT2D eigenvalue weighted by Crippen LogP contribution is -2.29. The lowest BCUT2D eigenvalue weighted by molar-refractivity contribution is 0.0954. The normalized spacial score (nSPS) is 12.2. The molecule has 0 fully saturated rings. The van der Waals surface area contributed by atoms with Crippen LogP contribution in [-0.4, -0.2) is 29.1 Å². The molecule has 0 aliphatic heterocycles. The van der Waals surface area contributed by atoms with E-state index in [2.05, 4.69) is 5.32 Å². The first-order valence-corrected chi connectivity index (χ1v) is 6.50. The van der Waals surface area contributed by atoms with Gasteiger partial charge in [0.25, 0.3) is 5.91 Å². The Labute approximate surface area is 104 Å². The van der Waals surface area contributed by atoms with Crippen molar-refractivity contribution in [2.45, 2.75) is 12.2 Å². The van der Waals surface area contributed by atoms with Crippen LogP contribution in [0, 0.1) is 0 Å². The summed E-state index contributed by atoms with van der Waals surface area (Å²) in [6.45, 7) is 2.60. The van der Waals surface area contributed by atoms with Crippen LogP contribution < -0.4 is 5.32 Å². The van der Waals surface area contributed by atoms with E-state index in [1.807, 2.05) is 13.2 Å². The molecule has 1 unspecified atom stereocenters. The van der Waals surface area contributed by atoms with Gasteiger partial charge in [-0.05, 0) is 24.5 Å². The average Bonchev–Trinajstić information content (AvgIpc) is 2.28. The van der Waals surface area contributed by atoms with Gasteiger partial charge in [-0.25, -0.2) is 0 Å². The lowest BCUT2D eigenvalue weighted by Gasteiger charge is -2.10. The minimum atomic E-state index is -0.262. The van der Waals surface area contributed by atoms with E-state index in [9.17, 15) is 9.90 Å². The predicted octanol–water partition coefficient (Wildman–Crippen LogP) is 2.53. The molecule has 88 valence electrons. The van der Waals surface area contributed by atoms with Crippen LogP contribution in [0.4, 0.5) is 0 Å². The smallest absolute Gasteiger partial charge is 0.252 e. The fraction of sp³-hybridized carbons (Fsp3) is 0.364. The highest BCUT2D eigenvalue weighted by molar-refractivity contribution is 7.99. The van der Waals surface area contributed by atoms with Gasteiger partial charge in [-0.2, -0.15) is 11.8 Å². The molecule has 16 heavy (non-hydrogen) atoms. The molecule has 0 aromatic heterocycles. The van der Waals surface area contributed by atoms with Gasteiger partial charge in [0.15, 0.2) is 0 Å². The van der Waals surface area contributed by atoms with Crippen LogP contribution in [0.1, 0.15) is 17.3 Å². The average molecular weight is 260 g/mol. The van der Waals surface area contributed by atoms with E-state index in [1.165, 1.54) is 18.2 Å². The fourth-order valence-electron chi connectivity index (χ4n) is 1.10. The molecule has 0 saturated carbocycles. The second-order valence-corrected chi connectivity index (χ2v) is 5.10. The summed E-state index contributed by atoms with van der Waals surface area (Å²) in [5, 5.41) is 12.7. The molecule has 0 bridgehead atoms. The minimum Gasteiger partial charge on any atom is -0.508 e. The summed E-state index contributed by atoms with van der Waals surface area (Å²) in [4.78, 5) is 11.7. The van der Waals surface area contributed by atoms with Crippen molar-refractivity contribution in [3.63, 3.8) is 0 Å². The highest BCUT2D eigenvalue weighted by Gasteiger charge is 2.11. The van der Waals surface area contributed by atoms with Gasteiger partial charge in [-0.1, -0.05) is 18.5 Å². The van der Waals surface area contributed by atoms with Crippen LogP contribution in [-0.2, 0) is 0 Å². The van der Waals surface area contributed by atoms with Crippen LogP contribution in [0.2, 0.25) is 5.02 Å². The van der Waals surface area contributed by atoms with Gasteiger partial charge in [0, 0.05) is 11.8 Å². The molecule has 0 saturated heterocycles. The summed E-state index contributed by atoms with van der Waals surface area (Å²) in [6, 6.07) is 4.31. The van der Waals surface area contributed by atoms with Gasteiger partial charge in [0.2, 0.25) is 0 Å². The standard InChI is InChI=1S/C11H14ClNO2S/c1-7(16-2)6-13-11(15)9-5-8(14)3-4-10(9)12/h3-5,7,14H,6H2,1-2H3,(H,13,15). The number of hydrogen-bond donors (Lipinski definition) is 2. The van der Waals surface area contributed by atoms with Gasteiger partial charge in [0.1, 0.15) is 5.75 Å². The third-order valence-electron chi connectivity index (χ3n) is 2.15. The molecule has 0 aliphatic carbocycles. The Balaban J connectivity index is 2.69. The number of carbonyl (C=O) groups excluding carboxylic acids is 1. The molecular formula is C11H14ClNO2S. The molecule has 0 aliphatic rings. The second kappa shape index (κ2) is 6.01. The number of benzene rings is 1. The number of nitrogens with one attached hydrogen (secondary N) is 1. The Kier molecular flexibility index (Phi) is 4.96.